The molecule has 0 bridgehead atoms. The number of nitrogens with zero attached hydrogens (tertiary/aromatic N) is 1. The van der Waals surface area contributed by atoms with Gasteiger partial charge < -0.3 is 15.0 Å². The molecule has 0 aliphatic heterocycles. The molecule has 9 heteroatoms. The van der Waals surface area contributed by atoms with E-state index < -0.39 is 11.7 Å². The van der Waals surface area contributed by atoms with Gasteiger partial charge in [-0.05, 0) is 35.9 Å². The van der Waals surface area contributed by atoms with Crippen molar-refractivity contribution in [2.45, 2.75) is 17.3 Å². The van der Waals surface area contributed by atoms with Gasteiger partial charge in [0.2, 0.25) is 5.91 Å². The molecule has 0 fully saturated rings. The van der Waals surface area contributed by atoms with Crippen molar-refractivity contribution in [2.75, 3.05) is 12.4 Å². The summed E-state index contributed by atoms with van der Waals surface area (Å²) in [5, 5.41) is 2.93. The third kappa shape index (κ3) is 6.07. The Hall–Kier alpha value is -2.84. The Morgan fingerprint density at radius 2 is 2.10 bits per heavy atom. The number of ether oxygens (including phenoxy) is 1. The lowest BCUT2D eigenvalue weighted by molar-refractivity contribution is -0.115. The summed E-state index contributed by atoms with van der Waals surface area (Å²) in [7, 11) is 1.60. The van der Waals surface area contributed by atoms with E-state index in [1.807, 2.05) is 24.3 Å². The van der Waals surface area contributed by atoms with E-state index in [1.54, 1.807) is 7.11 Å². The molecule has 0 saturated heterocycles. The van der Waals surface area contributed by atoms with Crippen molar-refractivity contribution in [1.29, 1.82) is 0 Å². The van der Waals surface area contributed by atoms with E-state index in [2.05, 4.69) is 15.3 Å². The number of carbonyl (C=O) groups excluding carboxylic acids is 1. The number of aromatic nitrogens is 2. The van der Waals surface area contributed by atoms with Gasteiger partial charge in [-0.25, -0.2) is 9.37 Å². The maximum absolute atomic E-state index is 13.2. The lowest BCUT2D eigenvalue weighted by atomic mass is 10.2. The van der Waals surface area contributed by atoms with E-state index in [0.29, 0.717) is 22.3 Å². The molecule has 29 heavy (non-hydrogen) atoms. The number of benzene rings is 2. The molecule has 0 unspecified atom stereocenters. The van der Waals surface area contributed by atoms with Crippen LogP contribution in [-0.2, 0) is 17.0 Å². The fourth-order valence-electron chi connectivity index (χ4n) is 2.50. The molecular formula is C20H17ClFN3O3S. The number of rotatable bonds is 7. The van der Waals surface area contributed by atoms with E-state index in [4.69, 9.17) is 16.3 Å². The summed E-state index contributed by atoms with van der Waals surface area (Å²) in [6, 6.07) is 12.7. The van der Waals surface area contributed by atoms with Crippen LogP contribution in [0.25, 0.3) is 0 Å². The monoisotopic (exact) mass is 433 g/mol. The highest BCUT2D eigenvalue weighted by Gasteiger charge is 2.10. The minimum absolute atomic E-state index is 0.0895. The van der Waals surface area contributed by atoms with E-state index in [0.717, 1.165) is 17.4 Å². The zero-order valence-electron chi connectivity index (χ0n) is 15.4. The SMILES string of the molecule is COc1cccc(CSc2nc(CC(=O)Nc3ccc(F)c(Cl)c3)cc(=O)[nH]2)c1. The van der Waals surface area contributed by atoms with Crippen LogP contribution < -0.4 is 15.6 Å². The smallest absolute Gasteiger partial charge is 0.251 e. The van der Waals surface area contributed by atoms with Crippen molar-refractivity contribution in [3.8, 4) is 5.75 Å². The molecule has 0 saturated carbocycles. The van der Waals surface area contributed by atoms with Crippen LogP contribution in [0.15, 0.2) is 58.5 Å². The third-order valence-corrected chi connectivity index (χ3v) is 5.06. The number of aromatic amines is 1. The van der Waals surface area contributed by atoms with E-state index in [9.17, 15) is 14.0 Å². The standard InChI is InChI=1S/C20H17ClFN3O3S/c1-28-15-4-2-3-12(7-15)11-29-20-24-14(10-19(27)25-20)9-18(26)23-13-5-6-17(22)16(21)8-13/h2-8,10H,9,11H2,1H3,(H,23,26)(H,24,25,27). The summed E-state index contributed by atoms with van der Waals surface area (Å²) in [5.74, 6) is 0.355. The number of hydrogen-bond acceptors (Lipinski definition) is 5. The Bertz CT molecular complexity index is 1090. The fraction of sp³-hybridized carbons (Fsp3) is 0.150. The molecule has 0 radical (unpaired) electrons. The Labute approximate surface area is 175 Å². The summed E-state index contributed by atoms with van der Waals surface area (Å²) >= 11 is 7.05. The van der Waals surface area contributed by atoms with Gasteiger partial charge in [-0.1, -0.05) is 35.5 Å². The van der Waals surface area contributed by atoms with Gasteiger partial charge in [0, 0.05) is 17.5 Å². The van der Waals surface area contributed by atoms with Gasteiger partial charge in [-0.3, -0.25) is 9.59 Å². The highest BCUT2D eigenvalue weighted by Crippen LogP contribution is 2.22. The third-order valence-electron chi connectivity index (χ3n) is 3.83. The van der Waals surface area contributed by atoms with Gasteiger partial charge in [0.15, 0.2) is 5.16 Å². The summed E-state index contributed by atoms with van der Waals surface area (Å²) in [5.41, 5.74) is 1.35. The van der Waals surface area contributed by atoms with Crippen molar-refractivity contribution in [3.63, 3.8) is 0 Å². The van der Waals surface area contributed by atoms with Crippen LogP contribution in [0.2, 0.25) is 5.02 Å². The number of halogens is 2. The van der Waals surface area contributed by atoms with Crippen LogP contribution in [0.4, 0.5) is 10.1 Å². The number of thioether (sulfide) groups is 1. The first-order chi connectivity index (χ1) is 13.9. The van der Waals surface area contributed by atoms with Gasteiger partial charge >= 0.3 is 0 Å². The van der Waals surface area contributed by atoms with Crippen LogP contribution in [0.5, 0.6) is 5.75 Å². The second-order valence-electron chi connectivity index (χ2n) is 6.04. The van der Waals surface area contributed by atoms with Gasteiger partial charge in [-0.2, -0.15) is 0 Å². The maximum atomic E-state index is 13.2. The Morgan fingerprint density at radius 1 is 1.28 bits per heavy atom. The fourth-order valence-corrected chi connectivity index (χ4v) is 3.52. The zero-order valence-corrected chi connectivity index (χ0v) is 16.9. The van der Waals surface area contributed by atoms with Gasteiger partial charge in [0.05, 0.1) is 24.2 Å². The number of carbonyl (C=O) groups is 1. The van der Waals surface area contributed by atoms with Gasteiger partial charge in [0.1, 0.15) is 11.6 Å². The molecule has 3 rings (SSSR count). The highest BCUT2D eigenvalue weighted by atomic mass is 35.5. The summed E-state index contributed by atoms with van der Waals surface area (Å²) in [6.45, 7) is 0. The van der Waals surface area contributed by atoms with Gasteiger partial charge in [0.25, 0.3) is 5.56 Å². The predicted octanol–water partition coefficient (Wildman–Crippen LogP) is 4.04. The lowest BCUT2D eigenvalue weighted by Gasteiger charge is -2.07. The molecule has 2 aromatic carbocycles. The minimum atomic E-state index is -0.571. The van der Waals surface area contributed by atoms with Crippen LogP contribution in [0.1, 0.15) is 11.3 Å². The summed E-state index contributed by atoms with van der Waals surface area (Å²) < 4.78 is 18.4. The Morgan fingerprint density at radius 3 is 2.86 bits per heavy atom. The first kappa shape index (κ1) is 20.9. The number of nitrogens with one attached hydrogen (secondary N) is 2. The van der Waals surface area contributed by atoms with E-state index in [1.165, 1.54) is 30.0 Å². The average molecular weight is 434 g/mol. The Kier molecular flexibility index (Phi) is 6.90. The molecule has 2 N–H and O–H groups in total. The van der Waals surface area contributed by atoms with Gasteiger partial charge in [-0.15, -0.1) is 0 Å². The van der Waals surface area contributed by atoms with Crippen molar-refractivity contribution in [2.24, 2.45) is 0 Å². The van der Waals surface area contributed by atoms with Crippen molar-refractivity contribution in [3.05, 3.63) is 81.0 Å². The first-order valence-corrected chi connectivity index (χ1v) is 9.90. The number of H-pyrrole nitrogens is 1. The van der Waals surface area contributed by atoms with Crippen LogP contribution in [0.3, 0.4) is 0 Å². The van der Waals surface area contributed by atoms with Crippen molar-refractivity contribution < 1.29 is 13.9 Å². The highest BCUT2D eigenvalue weighted by molar-refractivity contribution is 7.98. The molecule has 0 atom stereocenters. The lowest BCUT2D eigenvalue weighted by Crippen LogP contribution is -2.18. The molecule has 0 spiro atoms. The molecule has 0 aliphatic rings. The largest absolute Gasteiger partial charge is 0.497 e. The second-order valence-corrected chi connectivity index (χ2v) is 7.41. The number of methoxy groups -OCH3 is 1. The predicted molar refractivity (Wildman–Crippen MR) is 111 cm³/mol. The Balaban J connectivity index is 1.65. The molecular weight excluding hydrogens is 417 g/mol. The molecule has 150 valence electrons. The molecule has 6 nitrogen and oxygen atoms in total. The first-order valence-electron chi connectivity index (χ1n) is 8.54. The number of hydrogen-bond donors (Lipinski definition) is 2. The van der Waals surface area contributed by atoms with E-state index >= 15 is 0 Å². The van der Waals surface area contributed by atoms with Crippen LogP contribution in [0, 0.1) is 5.82 Å². The number of amides is 1. The molecule has 0 aliphatic carbocycles. The summed E-state index contributed by atoms with van der Waals surface area (Å²) in [4.78, 5) is 31.1. The van der Waals surface area contributed by atoms with Crippen LogP contribution >= 0.6 is 23.4 Å². The molecule has 1 amide bonds. The summed E-state index contributed by atoms with van der Waals surface area (Å²) in [6.07, 6.45) is -0.106. The normalized spacial score (nSPS) is 10.6. The maximum Gasteiger partial charge on any atom is 0.251 e. The topological polar surface area (TPSA) is 84.1 Å². The number of anilines is 1. The molecule has 3 aromatic rings. The quantitative estimate of drug-likeness (QED) is 0.434. The minimum Gasteiger partial charge on any atom is -0.497 e. The average Bonchev–Trinajstić information content (AvgIpc) is 2.69. The zero-order chi connectivity index (χ0) is 20.8. The molecule has 1 heterocycles. The van der Waals surface area contributed by atoms with Crippen molar-refractivity contribution in [1.82, 2.24) is 9.97 Å². The van der Waals surface area contributed by atoms with Crippen molar-refractivity contribution >= 4 is 35.0 Å². The van der Waals surface area contributed by atoms with E-state index in [-0.39, 0.29) is 17.0 Å². The van der Waals surface area contributed by atoms with Crippen LogP contribution in [-0.4, -0.2) is 23.0 Å². The molecule has 1 aromatic heterocycles. The second kappa shape index (κ2) is 9.58.